The Labute approximate surface area is 215 Å². The molecule has 2 aromatic carbocycles. The number of sulfone groups is 1. The standard InChI is InChI=1S/C24H18FN5O5S2/c1-13(2)37(33,34)16-6-3-14(4-7-16)20-11-26-23(29-24(31)32)22(28-20)21-10-19(30-35-21)17-8-5-15(27-12-36)9-18(17)25/h3-11,13H,1-2H3,(H,26,29)(H,31,32). The molecule has 0 radical (unpaired) electrons. The van der Waals surface area contributed by atoms with Crippen LogP contribution >= 0.6 is 12.2 Å². The monoisotopic (exact) mass is 539 g/mol. The number of benzene rings is 2. The highest BCUT2D eigenvalue weighted by molar-refractivity contribution is 7.92. The number of rotatable bonds is 7. The fraction of sp³-hybridized carbons (Fsp3) is 0.125. The van der Waals surface area contributed by atoms with Crippen LogP contribution in [0.25, 0.3) is 34.0 Å². The zero-order chi connectivity index (χ0) is 26.7. The quantitative estimate of drug-likeness (QED) is 0.226. The summed E-state index contributed by atoms with van der Waals surface area (Å²) in [6.07, 6.45) is -0.0559. The minimum absolute atomic E-state index is 0.000126. The molecular formula is C24H18FN5O5S2. The Bertz CT molecular complexity index is 1650. The first-order chi connectivity index (χ1) is 17.6. The van der Waals surface area contributed by atoms with Crippen LogP contribution < -0.4 is 5.32 Å². The number of aromatic nitrogens is 3. The van der Waals surface area contributed by atoms with Gasteiger partial charge in [-0.05, 0) is 50.3 Å². The van der Waals surface area contributed by atoms with E-state index in [9.17, 15) is 22.7 Å². The topological polar surface area (TPSA) is 148 Å². The number of thiocarbonyl (C=S) groups is 1. The molecule has 37 heavy (non-hydrogen) atoms. The molecule has 188 valence electrons. The van der Waals surface area contributed by atoms with Crippen LogP contribution in [-0.2, 0) is 9.84 Å². The second-order valence-electron chi connectivity index (χ2n) is 7.94. The van der Waals surface area contributed by atoms with Crippen LogP contribution in [0.5, 0.6) is 0 Å². The third kappa shape index (κ3) is 5.43. The Balaban J connectivity index is 1.75. The normalized spacial score (nSPS) is 11.2. The van der Waals surface area contributed by atoms with E-state index in [4.69, 9.17) is 4.52 Å². The van der Waals surface area contributed by atoms with Gasteiger partial charge in [0.25, 0.3) is 0 Å². The summed E-state index contributed by atoms with van der Waals surface area (Å²) >= 11 is 4.53. The van der Waals surface area contributed by atoms with Crippen LogP contribution in [0.4, 0.5) is 20.7 Å². The predicted molar refractivity (Wildman–Crippen MR) is 137 cm³/mol. The van der Waals surface area contributed by atoms with E-state index in [1.807, 2.05) is 0 Å². The maximum atomic E-state index is 14.6. The van der Waals surface area contributed by atoms with Gasteiger partial charge in [-0.1, -0.05) is 17.3 Å². The van der Waals surface area contributed by atoms with Crippen molar-refractivity contribution in [1.82, 2.24) is 15.1 Å². The van der Waals surface area contributed by atoms with E-state index in [1.54, 1.807) is 26.0 Å². The Morgan fingerprint density at radius 1 is 1.16 bits per heavy atom. The van der Waals surface area contributed by atoms with Gasteiger partial charge in [-0.25, -0.2) is 27.6 Å². The number of anilines is 1. The smallest absolute Gasteiger partial charge is 0.410 e. The number of carboxylic acid groups (broad SMARTS) is 1. The van der Waals surface area contributed by atoms with Crippen molar-refractivity contribution in [2.24, 2.45) is 4.99 Å². The molecule has 0 bridgehead atoms. The van der Waals surface area contributed by atoms with E-state index in [-0.39, 0.29) is 39.1 Å². The van der Waals surface area contributed by atoms with Crippen molar-refractivity contribution in [3.8, 4) is 34.0 Å². The minimum Gasteiger partial charge on any atom is -0.465 e. The molecule has 0 unspecified atom stereocenters. The molecule has 1 amide bonds. The van der Waals surface area contributed by atoms with E-state index in [2.05, 4.69) is 42.8 Å². The van der Waals surface area contributed by atoms with Crippen molar-refractivity contribution in [2.45, 2.75) is 24.0 Å². The summed E-state index contributed by atoms with van der Waals surface area (Å²) in [5, 5.41) is 16.8. The molecule has 0 aliphatic rings. The Morgan fingerprint density at radius 2 is 1.89 bits per heavy atom. The highest BCUT2D eigenvalue weighted by Gasteiger charge is 2.21. The molecule has 10 nitrogen and oxygen atoms in total. The Hall–Kier alpha value is -4.32. The maximum absolute atomic E-state index is 14.6. The summed E-state index contributed by atoms with van der Waals surface area (Å²) in [5.74, 6) is -0.747. The van der Waals surface area contributed by atoms with Gasteiger partial charge in [0.05, 0.1) is 32.9 Å². The van der Waals surface area contributed by atoms with Crippen molar-refractivity contribution in [2.75, 3.05) is 5.32 Å². The van der Waals surface area contributed by atoms with Crippen LogP contribution in [0.2, 0.25) is 0 Å². The van der Waals surface area contributed by atoms with Gasteiger partial charge in [-0.3, -0.25) is 5.32 Å². The van der Waals surface area contributed by atoms with Crippen molar-refractivity contribution < 1.29 is 27.2 Å². The number of aliphatic imine (C=N–C) groups is 1. The van der Waals surface area contributed by atoms with Crippen LogP contribution in [0.1, 0.15) is 13.8 Å². The van der Waals surface area contributed by atoms with Gasteiger partial charge in [-0.15, -0.1) is 0 Å². The van der Waals surface area contributed by atoms with Gasteiger partial charge in [0.2, 0.25) is 0 Å². The third-order valence-corrected chi connectivity index (χ3v) is 7.51. The first-order valence-electron chi connectivity index (χ1n) is 10.7. The zero-order valence-electron chi connectivity index (χ0n) is 19.3. The van der Waals surface area contributed by atoms with Crippen molar-refractivity contribution >= 4 is 44.8 Å². The minimum atomic E-state index is -3.46. The van der Waals surface area contributed by atoms with E-state index < -0.39 is 27.0 Å². The van der Waals surface area contributed by atoms with Gasteiger partial charge in [0, 0.05) is 23.3 Å². The molecule has 0 spiro atoms. The molecule has 0 aliphatic heterocycles. The number of isothiocyanates is 1. The van der Waals surface area contributed by atoms with Crippen LogP contribution in [0, 0.1) is 5.82 Å². The van der Waals surface area contributed by atoms with Crippen molar-refractivity contribution in [3.63, 3.8) is 0 Å². The van der Waals surface area contributed by atoms with Gasteiger partial charge < -0.3 is 9.63 Å². The summed E-state index contributed by atoms with van der Waals surface area (Å²) in [7, 11) is -3.46. The molecule has 0 atom stereocenters. The summed E-state index contributed by atoms with van der Waals surface area (Å²) in [6, 6.07) is 11.6. The van der Waals surface area contributed by atoms with E-state index in [1.165, 1.54) is 36.5 Å². The SMILES string of the molecule is CC(C)S(=O)(=O)c1ccc(-c2cnc(NC(=O)O)c(-c3cc(-c4ccc(N=C=S)cc4F)no3)n2)cc1. The van der Waals surface area contributed by atoms with Crippen molar-refractivity contribution in [1.29, 1.82) is 0 Å². The lowest BCUT2D eigenvalue weighted by Crippen LogP contribution is -2.13. The average molecular weight is 540 g/mol. The highest BCUT2D eigenvalue weighted by atomic mass is 32.2. The molecule has 0 fully saturated rings. The number of hydrogen-bond acceptors (Lipinski definition) is 9. The number of hydrogen-bond donors (Lipinski definition) is 2. The van der Waals surface area contributed by atoms with Crippen LogP contribution in [-0.4, -0.2) is 45.2 Å². The molecule has 0 aliphatic carbocycles. The Kier molecular flexibility index (Phi) is 7.21. The van der Waals surface area contributed by atoms with Gasteiger partial charge >= 0.3 is 6.09 Å². The van der Waals surface area contributed by atoms with E-state index >= 15 is 0 Å². The molecular weight excluding hydrogens is 521 g/mol. The lowest BCUT2D eigenvalue weighted by Gasteiger charge is -2.10. The van der Waals surface area contributed by atoms with Gasteiger partial charge in [-0.2, -0.15) is 4.99 Å². The molecule has 4 rings (SSSR count). The summed E-state index contributed by atoms with van der Waals surface area (Å²) in [4.78, 5) is 23.8. The second kappa shape index (κ2) is 10.3. The number of halogens is 1. The predicted octanol–water partition coefficient (Wildman–Crippen LogP) is 5.61. The largest absolute Gasteiger partial charge is 0.465 e. The zero-order valence-corrected chi connectivity index (χ0v) is 21.0. The fourth-order valence-corrected chi connectivity index (χ4v) is 4.49. The van der Waals surface area contributed by atoms with Crippen LogP contribution in [0.3, 0.4) is 0 Å². The second-order valence-corrected chi connectivity index (χ2v) is 10.6. The summed E-state index contributed by atoms with van der Waals surface area (Å²) in [5.41, 5.74) is 1.35. The number of amides is 1. The number of nitrogens with one attached hydrogen (secondary N) is 1. The Morgan fingerprint density at radius 3 is 2.51 bits per heavy atom. The lowest BCUT2D eigenvalue weighted by atomic mass is 10.1. The maximum Gasteiger partial charge on any atom is 0.410 e. The molecule has 13 heteroatoms. The molecule has 4 aromatic rings. The number of carbonyl (C=O) groups is 1. The molecule has 0 saturated heterocycles. The average Bonchev–Trinajstić information content (AvgIpc) is 3.34. The highest BCUT2D eigenvalue weighted by Crippen LogP contribution is 2.33. The van der Waals surface area contributed by atoms with E-state index in [0.29, 0.717) is 11.3 Å². The molecule has 2 N–H and O–H groups in total. The van der Waals surface area contributed by atoms with Crippen LogP contribution in [0.15, 0.2) is 69.1 Å². The summed E-state index contributed by atoms with van der Waals surface area (Å²) in [6.45, 7) is 3.18. The molecule has 2 heterocycles. The first kappa shape index (κ1) is 25.8. The number of nitrogens with zero attached hydrogens (tertiary/aromatic N) is 4. The summed E-state index contributed by atoms with van der Waals surface area (Å²) < 4.78 is 44.8. The van der Waals surface area contributed by atoms with Gasteiger partial charge in [0.1, 0.15) is 11.5 Å². The van der Waals surface area contributed by atoms with Crippen molar-refractivity contribution in [3.05, 3.63) is 60.5 Å². The van der Waals surface area contributed by atoms with Gasteiger partial charge in [0.15, 0.2) is 27.1 Å². The third-order valence-electron chi connectivity index (χ3n) is 5.24. The molecule has 2 aromatic heterocycles. The molecule has 0 saturated carbocycles. The first-order valence-corrected chi connectivity index (χ1v) is 12.6. The fourth-order valence-electron chi connectivity index (χ4n) is 3.33. The van der Waals surface area contributed by atoms with E-state index in [0.717, 1.165) is 6.07 Å². The lowest BCUT2D eigenvalue weighted by molar-refractivity contribution is 0.209.